The van der Waals surface area contributed by atoms with Crippen LogP contribution in [0.1, 0.15) is 22.4 Å². The van der Waals surface area contributed by atoms with Gasteiger partial charge in [-0.15, -0.1) is 11.3 Å². The van der Waals surface area contributed by atoms with Crippen molar-refractivity contribution in [1.82, 2.24) is 9.88 Å². The molecule has 0 aromatic carbocycles. The van der Waals surface area contributed by atoms with Crippen LogP contribution in [0.4, 0.5) is 5.13 Å². The van der Waals surface area contributed by atoms with E-state index in [9.17, 15) is 9.59 Å². The van der Waals surface area contributed by atoms with Crippen LogP contribution in [0.2, 0.25) is 0 Å². The number of thiazole rings is 1. The number of carbonyl (C=O) groups excluding carboxylic acids is 2. The summed E-state index contributed by atoms with van der Waals surface area (Å²) in [6, 6.07) is 3.95. The summed E-state index contributed by atoms with van der Waals surface area (Å²) in [6.45, 7) is 2.76. The van der Waals surface area contributed by atoms with Crippen molar-refractivity contribution >= 4 is 39.6 Å². The van der Waals surface area contributed by atoms with Crippen molar-refractivity contribution in [3.8, 4) is 0 Å². The fraction of sp³-hybridized carbons (Fsp3) is 0.357. The van der Waals surface area contributed by atoms with Gasteiger partial charge in [0.25, 0.3) is 0 Å². The minimum atomic E-state index is -0.119. The number of rotatable bonds is 3. The van der Waals surface area contributed by atoms with Gasteiger partial charge in [0, 0.05) is 29.6 Å². The van der Waals surface area contributed by atoms with E-state index in [0.717, 1.165) is 21.9 Å². The standard InChI is InChI=1S/C14H15N3O2S2/c1-9(18)15-14-16-11-4-5-17(8-12(11)21-14)13(19)7-10-3-2-6-20-10/h2-3,6H,4-5,7-8H2,1H3,(H,15,16,18). The van der Waals surface area contributed by atoms with E-state index in [2.05, 4.69) is 10.3 Å². The number of anilines is 1. The van der Waals surface area contributed by atoms with Crippen molar-refractivity contribution < 1.29 is 9.59 Å². The fourth-order valence-corrected chi connectivity index (χ4v) is 4.05. The van der Waals surface area contributed by atoms with E-state index >= 15 is 0 Å². The Labute approximate surface area is 130 Å². The van der Waals surface area contributed by atoms with E-state index in [-0.39, 0.29) is 11.8 Å². The molecule has 0 bridgehead atoms. The van der Waals surface area contributed by atoms with Gasteiger partial charge in [-0.25, -0.2) is 4.98 Å². The molecule has 3 heterocycles. The van der Waals surface area contributed by atoms with Crippen molar-refractivity contribution in [2.75, 3.05) is 11.9 Å². The van der Waals surface area contributed by atoms with E-state index < -0.39 is 0 Å². The average Bonchev–Trinajstić information content (AvgIpc) is 3.05. The van der Waals surface area contributed by atoms with Gasteiger partial charge in [-0.05, 0) is 11.4 Å². The number of fused-ring (bicyclic) bond motifs is 1. The molecule has 0 atom stereocenters. The maximum absolute atomic E-state index is 12.3. The fourth-order valence-electron chi connectivity index (χ4n) is 2.29. The summed E-state index contributed by atoms with van der Waals surface area (Å²) in [7, 11) is 0. The molecule has 7 heteroatoms. The van der Waals surface area contributed by atoms with Crippen LogP contribution in [0.3, 0.4) is 0 Å². The lowest BCUT2D eigenvalue weighted by Crippen LogP contribution is -2.36. The van der Waals surface area contributed by atoms with Crippen LogP contribution in [-0.4, -0.2) is 28.2 Å². The first-order chi connectivity index (χ1) is 10.1. The molecule has 0 saturated heterocycles. The maximum atomic E-state index is 12.3. The molecular weight excluding hydrogens is 306 g/mol. The number of hydrogen-bond donors (Lipinski definition) is 1. The van der Waals surface area contributed by atoms with Gasteiger partial charge in [-0.1, -0.05) is 17.4 Å². The number of nitrogens with one attached hydrogen (secondary N) is 1. The lowest BCUT2D eigenvalue weighted by atomic mass is 10.1. The number of hydrogen-bond acceptors (Lipinski definition) is 5. The second kappa shape index (κ2) is 5.95. The van der Waals surface area contributed by atoms with E-state index in [1.165, 1.54) is 18.3 Å². The van der Waals surface area contributed by atoms with Crippen LogP contribution < -0.4 is 5.32 Å². The Balaban J connectivity index is 1.67. The molecular formula is C14H15N3O2S2. The number of nitrogens with zero attached hydrogens (tertiary/aromatic N) is 2. The Bertz CT molecular complexity index is 664. The number of thiophene rings is 1. The topological polar surface area (TPSA) is 62.3 Å². The Kier molecular flexibility index (Phi) is 4.03. The van der Waals surface area contributed by atoms with Gasteiger partial charge in [0.05, 0.1) is 18.7 Å². The van der Waals surface area contributed by atoms with Gasteiger partial charge < -0.3 is 10.2 Å². The zero-order chi connectivity index (χ0) is 14.8. The van der Waals surface area contributed by atoms with Gasteiger partial charge in [0.2, 0.25) is 11.8 Å². The highest BCUT2D eigenvalue weighted by Crippen LogP contribution is 2.28. The van der Waals surface area contributed by atoms with Crippen molar-refractivity contribution in [3.63, 3.8) is 0 Å². The normalized spacial score (nSPS) is 13.9. The smallest absolute Gasteiger partial charge is 0.228 e. The lowest BCUT2D eigenvalue weighted by molar-refractivity contribution is -0.131. The quantitative estimate of drug-likeness (QED) is 0.943. The van der Waals surface area contributed by atoms with Crippen LogP contribution in [0.5, 0.6) is 0 Å². The van der Waals surface area contributed by atoms with E-state index in [1.807, 2.05) is 22.4 Å². The van der Waals surface area contributed by atoms with Gasteiger partial charge >= 0.3 is 0 Å². The first-order valence-electron chi connectivity index (χ1n) is 6.68. The van der Waals surface area contributed by atoms with Crippen LogP contribution in [0.25, 0.3) is 0 Å². The average molecular weight is 321 g/mol. The highest BCUT2D eigenvalue weighted by Gasteiger charge is 2.24. The van der Waals surface area contributed by atoms with E-state index in [4.69, 9.17) is 0 Å². The molecule has 2 aromatic rings. The summed E-state index contributed by atoms with van der Waals surface area (Å²) in [6.07, 6.45) is 1.21. The van der Waals surface area contributed by atoms with E-state index in [1.54, 1.807) is 11.3 Å². The molecule has 0 spiro atoms. The minimum Gasteiger partial charge on any atom is -0.337 e. The van der Waals surface area contributed by atoms with Crippen molar-refractivity contribution in [2.24, 2.45) is 0 Å². The Morgan fingerprint density at radius 3 is 3.05 bits per heavy atom. The van der Waals surface area contributed by atoms with Crippen LogP contribution in [0, 0.1) is 0 Å². The van der Waals surface area contributed by atoms with Gasteiger partial charge in [0.1, 0.15) is 0 Å². The van der Waals surface area contributed by atoms with Crippen molar-refractivity contribution in [1.29, 1.82) is 0 Å². The van der Waals surface area contributed by atoms with E-state index in [0.29, 0.717) is 24.6 Å². The molecule has 1 aliphatic heterocycles. The molecule has 1 N–H and O–H groups in total. The molecule has 0 saturated carbocycles. The van der Waals surface area contributed by atoms with Crippen LogP contribution >= 0.6 is 22.7 Å². The molecule has 2 aromatic heterocycles. The zero-order valence-corrected chi connectivity index (χ0v) is 13.2. The third-order valence-electron chi connectivity index (χ3n) is 3.27. The highest BCUT2D eigenvalue weighted by atomic mass is 32.1. The number of amides is 2. The Morgan fingerprint density at radius 1 is 1.48 bits per heavy atom. The summed E-state index contributed by atoms with van der Waals surface area (Å²) in [4.78, 5) is 31.8. The van der Waals surface area contributed by atoms with Crippen molar-refractivity contribution in [2.45, 2.75) is 26.3 Å². The molecule has 1 aliphatic rings. The summed E-state index contributed by atoms with van der Waals surface area (Å²) < 4.78 is 0. The molecule has 0 radical (unpaired) electrons. The minimum absolute atomic E-state index is 0.119. The van der Waals surface area contributed by atoms with Gasteiger partial charge in [0.15, 0.2) is 5.13 Å². The summed E-state index contributed by atoms with van der Waals surface area (Å²) >= 11 is 3.07. The maximum Gasteiger partial charge on any atom is 0.228 e. The first-order valence-corrected chi connectivity index (χ1v) is 8.38. The number of aromatic nitrogens is 1. The molecule has 2 amide bonds. The lowest BCUT2D eigenvalue weighted by Gasteiger charge is -2.25. The van der Waals surface area contributed by atoms with Crippen LogP contribution in [0.15, 0.2) is 17.5 Å². The summed E-state index contributed by atoms with van der Waals surface area (Å²) in [5.41, 5.74) is 1.00. The molecule has 5 nitrogen and oxygen atoms in total. The highest BCUT2D eigenvalue weighted by molar-refractivity contribution is 7.15. The van der Waals surface area contributed by atoms with Gasteiger partial charge in [-0.3, -0.25) is 9.59 Å². The molecule has 110 valence electrons. The van der Waals surface area contributed by atoms with Crippen LogP contribution in [-0.2, 0) is 29.0 Å². The SMILES string of the molecule is CC(=O)Nc1nc2c(s1)CN(C(=O)Cc1cccs1)CC2. The second-order valence-corrected chi connectivity index (χ2v) is 7.01. The largest absolute Gasteiger partial charge is 0.337 e. The molecule has 0 aliphatic carbocycles. The third-order valence-corrected chi connectivity index (χ3v) is 5.15. The summed E-state index contributed by atoms with van der Waals surface area (Å²) in [5, 5.41) is 5.32. The monoisotopic (exact) mass is 321 g/mol. The number of carbonyl (C=O) groups is 2. The molecule has 21 heavy (non-hydrogen) atoms. The molecule has 0 fully saturated rings. The van der Waals surface area contributed by atoms with Crippen molar-refractivity contribution in [3.05, 3.63) is 33.0 Å². The third kappa shape index (κ3) is 3.30. The predicted molar refractivity (Wildman–Crippen MR) is 83.6 cm³/mol. The zero-order valence-electron chi connectivity index (χ0n) is 11.6. The Hall–Kier alpha value is -1.73. The van der Waals surface area contributed by atoms with Gasteiger partial charge in [-0.2, -0.15) is 0 Å². The second-order valence-electron chi connectivity index (χ2n) is 4.89. The molecule has 0 unspecified atom stereocenters. The summed E-state index contributed by atoms with van der Waals surface area (Å²) in [5.74, 6) is 0.0318. The first kappa shape index (κ1) is 14.2. The Morgan fingerprint density at radius 2 is 2.33 bits per heavy atom. The molecule has 3 rings (SSSR count). The predicted octanol–water partition coefficient (Wildman–Crippen LogP) is 2.29.